The van der Waals surface area contributed by atoms with E-state index in [1.165, 1.54) is 13.4 Å². The van der Waals surface area contributed by atoms with E-state index >= 15 is 0 Å². The predicted molar refractivity (Wildman–Crippen MR) is 139 cm³/mol. The van der Waals surface area contributed by atoms with Crippen molar-refractivity contribution in [1.82, 2.24) is 4.98 Å². The summed E-state index contributed by atoms with van der Waals surface area (Å²) in [6, 6.07) is 8.08. The first kappa shape index (κ1) is 27.5. The molecule has 0 radical (unpaired) electrons. The molecular weight excluding hydrogens is 508 g/mol. The summed E-state index contributed by atoms with van der Waals surface area (Å²) >= 11 is 0. The zero-order chi connectivity index (χ0) is 27.8. The standard InChI is InChI=1S/C28H34N2O9/c1-4-14-17(11-20-22-16(9-10-30(20)2)15-7-5-6-8-19(15)29-22)18(26(35)36-3)13-37-27(14)39-28-25(34)24(33)23(32)21(12-31)38-28/h4-9,13-14,17,21,23-25,27-29,31-34H,1,10-12H2,2-3H3/p+1/t14-,17+,21-,23+,24-,25-,27+,28-/m1/s1. The molecule has 0 amide bonds. The van der Waals surface area contributed by atoms with Crippen LogP contribution in [0, 0.1) is 11.8 Å². The number of hydrogen-bond acceptors (Lipinski definition) is 9. The number of aliphatic hydroxyl groups excluding tert-OH is 4. The second kappa shape index (κ2) is 11.2. The first-order valence-corrected chi connectivity index (χ1v) is 12.9. The van der Waals surface area contributed by atoms with E-state index in [1.54, 1.807) is 6.08 Å². The van der Waals surface area contributed by atoms with Crippen molar-refractivity contribution in [2.24, 2.45) is 11.8 Å². The van der Waals surface area contributed by atoms with Crippen molar-refractivity contribution >= 4 is 28.6 Å². The molecule has 3 aliphatic heterocycles. The molecule has 0 spiro atoms. The summed E-state index contributed by atoms with van der Waals surface area (Å²) in [4.78, 5) is 17.5. The van der Waals surface area contributed by atoms with Gasteiger partial charge in [-0.05, 0) is 12.1 Å². The van der Waals surface area contributed by atoms with Crippen LogP contribution in [0.5, 0.6) is 0 Å². The number of aliphatic hydroxyl groups is 4. The smallest absolute Gasteiger partial charge is 0.337 e. The Hall–Kier alpha value is -3.03. The molecule has 9 atom stereocenters. The number of carbonyl (C=O) groups is 1. The molecule has 1 aromatic carbocycles. The number of hydrogen-bond donors (Lipinski definition) is 6. The number of aromatic nitrogens is 1. The van der Waals surface area contributed by atoms with Crippen molar-refractivity contribution in [1.29, 1.82) is 0 Å². The Morgan fingerprint density at radius 3 is 2.69 bits per heavy atom. The summed E-state index contributed by atoms with van der Waals surface area (Å²) in [5.74, 6) is -1.60. The molecule has 11 nitrogen and oxygen atoms in total. The lowest BCUT2D eigenvalue weighted by molar-refractivity contribution is -0.797. The van der Waals surface area contributed by atoms with E-state index in [0.29, 0.717) is 12.0 Å². The number of carbonyl (C=O) groups excluding carboxylic acids is 1. The van der Waals surface area contributed by atoms with Gasteiger partial charge < -0.3 is 49.3 Å². The number of fused-ring (bicyclic) bond motifs is 3. The zero-order valence-electron chi connectivity index (χ0n) is 21.8. The molecule has 39 heavy (non-hydrogen) atoms. The van der Waals surface area contributed by atoms with Crippen molar-refractivity contribution in [3.63, 3.8) is 0 Å². The van der Waals surface area contributed by atoms with Crippen LogP contribution in [0.4, 0.5) is 0 Å². The minimum Gasteiger partial charge on any atom is -0.471 e. The second-order valence-electron chi connectivity index (χ2n) is 10.2. The Kier molecular flexibility index (Phi) is 7.92. The molecule has 1 fully saturated rings. The molecule has 2 aromatic rings. The maximum Gasteiger partial charge on any atom is 0.337 e. The van der Waals surface area contributed by atoms with Crippen LogP contribution >= 0.6 is 0 Å². The monoisotopic (exact) mass is 543 g/mol. The number of H-pyrrole nitrogens is 1. The summed E-state index contributed by atoms with van der Waals surface area (Å²) in [6.45, 7) is 4.13. The Balaban J connectivity index is 1.51. The van der Waals surface area contributed by atoms with Crippen LogP contribution in [-0.2, 0) is 23.7 Å². The van der Waals surface area contributed by atoms with Gasteiger partial charge in [0.25, 0.3) is 0 Å². The average Bonchev–Trinajstić information content (AvgIpc) is 3.33. The van der Waals surface area contributed by atoms with E-state index in [9.17, 15) is 25.2 Å². The van der Waals surface area contributed by atoms with E-state index < -0.39 is 61.4 Å². The molecule has 0 bridgehead atoms. The highest BCUT2D eigenvalue weighted by Crippen LogP contribution is 2.38. The topological polar surface area (TPSA) is 155 Å². The molecule has 1 unspecified atom stereocenters. The number of quaternary nitrogens is 1. The van der Waals surface area contributed by atoms with Gasteiger partial charge in [0, 0.05) is 34.4 Å². The van der Waals surface area contributed by atoms with Crippen LogP contribution in [-0.4, -0.2) is 95.7 Å². The van der Waals surface area contributed by atoms with Gasteiger partial charge in [-0.2, -0.15) is 0 Å². The van der Waals surface area contributed by atoms with Crippen LogP contribution in [0.2, 0.25) is 0 Å². The van der Waals surface area contributed by atoms with E-state index in [2.05, 4.69) is 30.8 Å². The number of para-hydroxylation sites is 1. The van der Waals surface area contributed by atoms with Crippen molar-refractivity contribution < 1.29 is 49.1 Å². The third-order valence-corrected chi connectivity index (χ3v) is 7.92. The van der Waals surface area contributed by atoms with Gasteiger partial charge in [0.15, 0.2) is 6.29 Å². The SMILES string of the molecule is C=C[C@H]1[C@H](O[C@H]2O[C@H](CO)[C@H](O)[C@@H](O)[C@H]2O)OC=C(C(=O)OC)[C@H]1CC1=c2[nH]c3ccccc3c2=CC[NH+]1C. The zero-order valence-corrected chi connectivity index (χ0v) is 21.8. The quantitative estimate of drug-likeness (QED) is 0.166. The fourth-order valence-corrected chi connectivity index (χ4v) is 5.69. The molecule has 3 aliphatic rings. The third kappa shape index (κ3) is 4.91. The van der Waals surface area contributed by atoms with E-state index in [1.807, 2.05) is 18.2 Å². The fourth-order valence-electron chi connectivity index (χ4n) is 5.69. The predicted octanol–water partition coefficient (Wildman–Crippen LogP) is -2.38. The van der Waals surface area contributed by atoms with Gasteiger partial charge in [0.2, 0.25) is 6.29 Å². The molecule has 1 aromatic heterocycles. The number of methoxy groups -OCH3 is 1. The number of benzene rings is 1. The summed E-state index contributed by atoms with van der Waals surface area (Å²) < 4.78 is 22.3. The van der Waals surface area contributed by atoms with Crippen LogP contribution in [0.1, 0.15) is 6.42 Å². The van der Waals surface area contributed by atoms with Crippen LogP contribution in [0.15, 0.2) is 48.8 Å². The van der Waals surface area contributed by atoms with Crippen molar-refractivity contribution in [2.75, 3.05) is 27.3 Å². The van der Waals surface area contributed by atoms with Gasteiger partial charge >= 0.3 is 5.97 Å². The molecule has 11 heteroatoms. The number of ether oxygens (including phenoxy) is 4. The van der Waals surface area contributed by atoms with Gasteiger partial charge in [-0.25, -0.2) is 4.79 Å². The van der Waals surface area contributed by atoms with E-state index in [4.69, 9.17) is 18.9 Å². The fraction of sp³-hybridized carbons (Fsp3) is 0.464. The van der Waals surface area contributed by atoms with Crippen molar-refractivity contribution in [2.45, 2.75) is 43.4 Å². The molecule has 1 saturated heterocycles. The number of aromatic amines is 1. The van der Waals surface area contributed by atoms with Gasteiger partial charge in [-0.3, -0.25) is 0 Å². The Bertz CT molecular complexity index is 1380. The highest BCUT2D eigenvalue weighted by molar-refractivity contribution is 5.89. The summed E-state index contributed by atoms with van der Waals surface area (Å²) in [5, 5.41) is 43.6. The molecule has 6 N–H and O–H groups in total. The minimum absolute atomic E-state index is 0.309. The minimum atomic E-state index is -1.60. The summed E-state index contributed by atoms with van der Waals surface area (Å²) in [6.07, 6.45) is -2.78. The lowest BCUT2D eigenvalue weighted by atomic mass is 9.80. The summed E-state index contributed by atoms with van der Waals surface area (Å²) in [7, 11) is 3.36. The number of nitrogens with one attached hydrogen (secondary N) is 2. The first-order chi connectivity index (χ1) is 18.8. The number of rotatable bonds is 7. The Morgan fingerprint density at radius 1 is 1.21 bits per heavy atom. The van der Waals surface area contributed by atoms with E-state index in [-0.39, 0.29) is 0 Å². The first-order valence-electron chi connectivity index (χ1n) is 12.9. The molecule has 4 heterocycles. The normalized spacial score (nSPS) is 34.5. The molecular formula is C28H35N2O9+. The van der Waals surface area contributed by atoms with Gasteiger partial charge in [0.1, 0.15) is 42.0 Å². The van der Waals surface area contributed by atoms with E-state index in [0.717, 1.165) is 38.6 Å². The lowest BCUT2D eigenvalue weighted by Crippen LogP contribution is -3.08. The van der Waals surface area contributed by atoms with Crippen LogP contribution < -0.4 is 15.5 Å². The molecule has 0 aliphatic carbocycles. The van der Waals surface area contributed by atoms with Crippen LogP contribution in [0.3, 0.4) is 0 Å². The Morgan fingerprint density at radius 2 is 1.97 bits per heavy atom. The highest BCUT2D eigenvalue weighted by atomic mass is 16.8. The molecule has 0 saturated carbocycles. The Labute approximate surface area is 224 Å². The second-order valence-corrected chi connectivity index (χ2v) is 10.2. The van der Waals surface area contributed by atoms with Crippen molar-refractivity contribution in [3.05, 3.63) is 59.3 Å². The average molecular weight is 544 g/mol. The third-order valence-electron chi connectivity index (χ3n) is 7.92. The van der Waals surface area contributed by atoms with Gasteiger partial charge in [-0.1, -0.05) is 24.3 Å². The van der Waals surface area contributed by atoms with Gasteiger partial charge in [-0.15, -0.1) is 6.58 Å². The molecule has 5 rings (SSSR count). The van der Waals surface area contributed by atoms with Crippen molar-refractivity contribution in [3.8, 4) is 0 Å². The highest BCUT2D eigenvalue weighted by Gasteiger charge is 2.48. The maximum absolute atomic E-state index is 12.8. The van der Waals surface area contributed by atoms with Gasteiger partial charge in [0.05, 0.1) is 32.6 Å². The summed E-state index contributed by atoms with van der Waals surface area (Å²) in [5.41, 5.74) is 2.39. The molecule has 210 valence electrons. The van der Waals surface area contributed by atoms with Crippen LogP contribution in [0.25, 0.3) is 22.7 Å². The largest absolute Gasteiger partial charge is 0.471 e. The lowest BCUT2D eigenvalue weighted by Gasteiger charge is -2.43. The number of esters is 1. The maximum atomic E-state index is 12.8.